The Kier molecular flexibility index (Phi) is 5.32. The number of rotatable bonds is 5. The third-order valence-electron chi connectivity index (χ3n) is 2.26. The normalized spacial score (nSPS) is 11.2. The van der Waals surface area contributed by atoms with Crippen LogP contribution in [-0.4, -0.2) is 34.9 Å². The molecule has 19 heavy (non-hydrogen) atoms. The average molecular weight is 263 g/mol. The fraction of sp³-hybridized carbons (Fsp3) is 0.250. The Morgan fingerprint density at radius 3 is 2.47 bits per heavy atom. The first-order valence-corrected chi connectivity index (χ1v) is 5.49. The first kappa shape index (κ1) is 14.5. The van der Waals surface area contributed by atoms with Gasteiger partial charge in [-0.2, -0.15) is 5.26 Å². The monoisotopic (exact) mass is 263 g/mol. The van der Waals surface area contributed by atoms with Crippen LogP contribution in [0.25, 0.3) is 0 Å². The molecule has 0 radical (unpaired) electrons. The summed E-state index contributed by atoms with van der Waals surface area (Å²) in [6.07, 6.45) is -1.56. The van der Waals surface area contributed by atoms with E-state index in [9.17, 15) is 9.59 Å². The van der Waals surface area contributed by atoms with Gasteiger partial charge in [0.15, 0.2) is 6.10 Å². The van der Waals surface area contributed by atoms with E-state index in [0.29, 0.717) is 11.3 Å². The van der Waals surface area contributed by atoms with E-state index in [0.717, 1.165) is 0 Å². The first-order valence-electron chi connectivity index (χ1n) is 5.49. The Morgan fingerprint density at radius 2 is 1.95 bits per heavy atom. The lowest BCUT2D eigenvalue weighted by molar-refractivity contribution is -0.146. The number of hydrogen-bond donors (Lipinski definition) is 4. The number of anilines is 1. The number of carboxylic acids is 1. The fourth-order valence-electron chi connectivity index (χ4n) is 1.25. The summed E-state index contributed by atoms with van der Waals surface area (Å²) in [5.41, 5.74) is 0.992. The molecule has 0 aliphatic carbocycles. The third-order valence-corrected chi connectivity index (χ3v) is 2.26. The third kappa shape index (κ3) is 5.06. The fourth-order valence-corrected chi connectivity index (χ4v) is 1.25. The van der Waals surface area contributed by atoms with Crippen LogP contribution in [0.1, 0.15) is 12.0 Å². The number of aliphatic hydroxyl groups excluding tert-OH is 1. The smallest absolute Gasteiger partial charge is 0.332 e. The molecule has 1 atom stereocenters. The number of nitrogens with one attached hydrogen (secondary N) is 2. The largest absolute Gasteiger partial charge is 0.479 e. The van der Waals surface area contributed by atoms with Crippen LogP contribution in [-0.2, 0) is 4.79 Å². The molecular formula is C12H13N3O4. The predicted octanol–water partition coefficient (Wildman–Crippen LogP) is 0.515. The van der Waals surface area contributed by atoms with E-state index in [1.807, 2.05) is 6.07 Å². The lowest BCUT2D eigenvalue weighted by Crippen LogP contribution is -2.33. The molecule has 7 heteroatoms. The van der Waals surface area contributed by atoms with Crippen molar-refractivity contribution in [3.8, 4) is 6.07 Å². The van der Waals surface area contributed by atoms with E-state index in [2.05, 4.69) is 10.6 Å². The standard InChI is InChI=1S/C12H13N3O4/c13-7-8-1-3-9(4-2-8)15-12(19)14-6-5-10(16)11(17)18/h1-4,10,16H,5-6H2,(H,17,18)(H2,14,15,19). The molecule has 0 spiro atoms. The van der Waals surface area contributed by atoms with Crippen LogP contribution >= 0.6 is 0 Å². The van der Waals surface area contributed by atoms with Crippen molar-refractivity contribution in [2.45, 2.75) is 12.5 Å². The van der Waals surface area contributed by atoms with Crippen molar-refractivity contribution in [2.75, 3.05) is 11.9 Å². The van der Waals surface area contributed by atoms with Crippen LogP contribution < -0.4 is 10.6 Å². The quantitative estimate of drug-likeness (QED) is 0.616. The number of benzene rings is 1. The molecule has 100 valence electrons. The number of urea groups is 1. The van der Waals surface area contributed by atoms with Gasteiger partial charge in [0.25, 0.3) is 0 Å². The number of aliphatic hydroxyl groups is 1. The second-order valence-electron chi connectivity index (χ2n) is 3.71. The first-order chi connectivity index (χ1) is 9.02. The lowest BCUT2D eigenvalue weighted by atomic mass is 10.2. The Morgan fingerprint density at radius 1 is 1.32 bits per heavy atom. The van der Waals surface area contributed by atoms with Gasteiger partial charge < -0.3 is 20.8 Å². The molecule has 4 N–H and O–H groups in total. The summed E-state index contributed by atoms with van der Waals surface area (Å²) in [7, 11) is 0. The minimum Gasteiger partial charge on any atom is -0.479 e. The van der Waals surface area contributed by atoms with Gasteiger partial charge in [-0.15, -0.1) is 0 Å². The molecule has 0 aliphatic rings. The Hall–Kier alpha value is -2.59. The number of carbonyl (C=O) groups is 2. The molecule has 1 unspecified atom stereocenters. The van der Waals surface area contributed by atoms with Gasteiger partial charge >= 0.3 is 12.0 Å². The van der Waals surface area contributed by atoms with Crippen molar-refractivity contribution in [3.63, 3.8) is 0 Å². The Labute approximate surface area is 109 Å². The van der Waals surface area contributed by atoms with Crippen LogP contribution in [0.15, 0.2) is 24.3 Å². The molecule has 1 aromatic rings. The van der Waals surface area contributed by atoms with Gasteiger partial charge in [0.1, 0.15) is 0 Å². The van der Waals surface area contributed by atoms with Crippen molar-refractivity contribution < 1.29 is 19.8 Å². The van der Waals surface area contributed by atoms with Gasteiger partial charge in [0.05, 0.1) is 11.6 Å². The molecule has 0 aliphatic heterocycles. The van der Waals surface area contributed by atoms with Crippen LogP contribution in [0, 0.1) is 11.3 Å². The molecule has 0 heterocycles. The highest BCUT2D eigenvalue weighted by atomic mass is 16.4. The number of hydrogen-bond acceptors (Lipinski definition) is 4. The van der Waals surface area contributed by atoms with Gasteiger partial charge in [-0.1, -0.05) is 0 Å². The minimum atomic E-state index is -1.49. The number of nitriles is 1. The summed E-state index contributed by atoms with van der Waals surface area (Å²) in [6.45, 7) is 0.0373. The number of amides is 2. The van der Waals surface area contributed by atoms with E-state index >= 15 is 0 Å². The highest BCUT2D eigenvalue weighted by Crippen LogP contribution is 2.08. The molecule has 0 fully saturated rings. The van der Waals surface area contributed by atoms with Crippen LogP contribution in [0.2, 0.25) is 0 Å². The zero-order valence-electron chi connectivity index (χ0n) is 9.96. The average Bonchev–Trinajstić information content (AvgIpc) is 2.39. The van der Waals surface area contributed by atoms with Gasteiger partial charge in [0, 0.05) is 18.7 Å². The van der Waals surface area contributed by atoms with Crippen molar-refractivity contribution in [2.24, 2.45) is 0 Å². The SMILES string of the molecule is N#Cc1ccc(NC(=O)NCCC(O)C(=O)O)cc1. The maximum Gasteiger partial charge on any atom is 0.332 e. The van der Waals surface area contributed by atoms with Gasteiger partial charge in [-0.25, -0.2) is 9.59 Å². The number of nitrogens with zero attached hydrogens (tertiary/aromatic N) is 1. The molecule has 1 aromatic carbocycles. The topological polar surface area (TPSA) is 122 Å². The van der Waals surface area contributed by atoms with E-state index in [-0.39, 0.29) is 13.0 Å². The molecule has 1 rings (SSSR count). The Balaban J connectivity index is 2.35. The lowest BCUT2D eigenvalue weighted by Gasteiger charge is -2.08. The van der Waals surface area contributed by atoms with E-state index in [1.165, 1.54) is 0 Å². The van der Waals surface area contributed by atoms with Crippen molar-refractivity contribution >= 4 is 17.7 Å². The summed E-state index contributed by atoms with van der Waals surface area (Å²) in [6, 6.07) is 7.71. The molecule has 0 saturated carbocycles. The van der Waals surface area contributed by atoms with E-state index < -0.39 is 18.1 Å². The molecule has 0 bridgehead atoms. The van der Waals surface area contributed by atoms with Crippen LogP contribution in [0.4, 0.5) is 10.5 Å². The number of carboxylic acid groups (broad SMARTS) is 1. The Bertz CT molecular complexity index is 493. The summed E-state index contributed by atoms with van der Waals surface area (Å²) in [4.78, 5) is 21.7. The van der Waals surface area contributed by atoms with Crippen molar-refractivity contribution in [1.82, 2.24) is 5.32 Å². The maximum atomic E-state index is 11.4. The summed E-state index contributed by atoms with van der Waals surface area (Å²) < 4.78 is 0. The highest BCUT2D eigenvalue weighted by Gasteiger charge is 2.12. The summed E-state index contributed by atoms with van der Waals surface area (Å²) in [5.74, 6) is -1.32. The summed E-state index contributed by atoms with van der Waals surface area (Å²) >= 11 is 0. The molecule has 0 aromatic heterocycles. The number of carbonyl (C=O) groups excluding carboxylic acids is 1. The molecule has 0 saturated heterocycles. The van der Waals surface area contributed by atoms with Crippen LogP contribution in [0.5, 0.6) is 0 Å². The molecule has 7 nitrogen and oxygen atoms in total. The zero-order valence-corrected chi connectivity index (χ0v) is 9.96. The predicted molar refractivity (Wildman–Crippen MR) is 66.4 cm³/mol. The zero-order chi connectivity index (χ0) is 14.3. The van der Waals surface area contributed by atoms with Gasteiger partial charge in [0.2, 0.25) is 0 Å². The van der Waals surface area contributed by atoms with Crippen LogP contribution in [0.3, 0.4) is 0 Å². The highest BCUT2D eigenvalue weighted by molar-refractivity contribution is 5.89. The van der Waals surface area contributed by atoms with Gasteiger partial charge in [-0.05, 0) is 24.3 Å². The molecule has 2 amide bonds. The number of aliphatic carboxylic acids is 1. The van der Waals surface area contributed by atoms with Gasteiger partial charge in [-0.3, -0.25) is 0 Å². The van der Waals surface area contributed by atoms with Crippen molar-refractivity contribution in [1.29, 1.82) is 5.26 Å². The van der Waals surface area contributed by atoms with E-state index in [4.69, 9.17) is 15.5 Å². The second kappa shape index (κ2) is 6.98. The van der Waals surface area contributed by atoms with Crippen molar-refractivity contribution in [3.05, 3.63) is 29.8 Å². The minimum absolute atomic E-state index is 0.0373. The molecular weight excluding hydrogens is 250 g/mol. The van der Waals surface area contributed by atoms with E-state index in [1.54, 1.807) is 24.3 Å². The second-order valence-corrected chi connectivity index (χ2v) is 3.71. The summed E-state index contributed by atoms with van der Waals surface area (Å²) in [5, 5.41) is 30.9. The maximum absolute atomic E-state index is 11.4.